The molecule has 0 saturated heterocycles. The van der Waals surface area contributed by atoms with Crippen molar-refractivity contribution in [2.24, 2.45) is 7.05 Å². The second kappa shape index (κ2) is 8.44. The summed E-state index contributed by atoms with van der Waals surface area (Å²) in [6, 6.07) is 11.2. The summed E-state index contributed by atoms with van der Waals surface area (Å²) < 4.78 is 39.7. The van der Waals surface area contributed by atoms with E-state index in [2.05, 4.69) is 15.4 Å². The molecule has 10 heteroatoms. The maximum atomic E-state index is 13.0. The number of fused-ring (bicyclic) bond motifs is 1. The standard InChI is InChI=1S/C22H15Cl2F3N4O/c1-31-20-17(11-29-31)16(9-19(30-20)15-7-6-14(23)8-18(15)24)21(32)28-10-12-2-4-13(5-3-12)22(25,26)27/h2-9,11H,10H2,1H3,(H,28,32). The van der Waals surface area contributed by atoms with Gasteiger partial charge in [-0.2, -0.15) is 18.3 Å². The molecule has 0 bridgehead atoms. The fraction of sp³-hybridized carbons (Fsp3) is 0.136. The zero-order valence-corrected chi connectivity index (χ0v) is 18.1. The van der Waals surface area contributed by atoms with E-state index in [9.17, 15) is 18.0 Å². The molecule has 0 unspecified atom stereocenters. The van der Waals surface area contributed by atoms with Crippen LogP contribution in [0.15, 0.2) is 54.7 Å². The maximum absolute atomic E-state index is 13.0. The number of hydrogen-bond donors (Lipinski definition) is 1. The lowest BCUT2D eigenvalue weighted by molar-refractivity contribution is -0.137. The third kappa shape index (κ3) is 4.42. The van der Waals surface area contributed by atoms with E-state index in [1.807, 2.05) is 0 Å². The SMILES string of the molecule is Cn1ncc2c(C(=O)NCc3ccc(C(F)(F)F)cc3)cc(-c3ccc(Cl)cc3Cl)nc21. The van der Waals surface area contributed by atoms with Crippen LogP contribution in [0, 0.1) is 0 Å². The highest BCUT2D eigenvalue weighted by molar-refractivity contribution is 6.36. The third-order valence-corrected chi connectivity index (χ3v) is 5.44. The lowest BCUT2D eigenvalue weighted by Crippen LogP contribution is -2.23. The van der Waals surface area contributed by atoms with Crippen LogP contribution in [0.2, 0.25) is 10.0 Å². The van der Waals surface area contributed by atoms with Gasteiger partial charge >= 0.3 is 6.18 Å². The highest BCUT2D eigenvalue weighted by atomic mass is 35.5. The van der Waals surface area contributed by atoms with Gasteiger partial charge in [-0.15, -0.1) is 0 Å². The Morgan fingerprint density at radius 3 is 2.47 bits per heavy atom. The predicted octanol–water partition coefficient (Wildman–Crippen LogP) is 5.89. The minimum absolute atomic E-state index is 0.0537. The summed E-state index contributed by atoms with van der Waals surface area (Å²) in [6.45, 7) is 0.0537. The number of carbonyl (C=O) groups excluding carboxylic acids is 1. The Kier molecular flexibility index (Phi) is 5.83. The van der Waals surface area contributed by atoms with Crippen LogP contribution >= 0.6 is 23.2 Å². The van der Waals surface area contributed by atoms with Crippen LogP contribution in [0.25, 0.3) is 22.3 Å². The first-order chi connectivity index (χ1) is 15.1. The van der Waals surface area contributed by atoms with E-state index < -0.39 is 17.6 Å². The van der Waals surface area contributed by atoms with E-state index in [0.29, 0.717) is 43.5 Å². The van der Waals surface area contributed by atoms with Gasteiger partial charge in [-0.05, 0) is 42.0 Å². The van der Waals surface area contributed by atoms with Gasteiger partial charge in [-0.25, -0.2) is 4.98 Å². The highest BCUT2D eigenvalue weighted by Crippen LogP contribution is 2.32. The number of nitrogens with zero attached hydrogens (tertiary/aromatic N) is 3. The number of carbonyl (C=O) groups is 1. The molecule has 0 aliphatic rings. The van der Waals surface area contributed by atoms with Gasteiger partial charge < -0.3 is 5.32 Å². The second-order valence-corrected chi connectivity index (χ2v) is 7.91. The summed E-state index contributed by atoms with van der Waals surface area (Å²) in [4.78, 5) is 17.6. The topological polar surface area (TPSA) is 59.8 Å². The van der Waals surface area contributed by atoms with Gasteiger partial charge in [-0.1, -0.05) is 35.3 Å². The largest absolute Gasteiger partial charge is 0.416 e. The summed E-state index contributed by atoms with van der Waals surface area (Å²) in [5.74, 6) is -0.420. The number of alkyl halides is 3. The first-order valence-corrected chi connectivity index (χ1v) is 10.1. The normalized spacial score (nSPS) is 11.7. The molecule has 5 nitrogen and oxygen atoms in total. The number of amides is 1. The molecule has 0 radical (unpaired) electrons. The number of nitrogens with one attached hydrogen (secondary N) is 1. The Bertz CT molecular complexity index is 1320. The number of halogens is 5. The molecule has 32 heavy (non-hydrogen) atoms. The molecule has 0 atom stereocenters. The zero-order chi connectivity index (χ0) is 23.0. The molecule has 0 saturated carbocycles. The average molecular weight is 479 g/mol. The lowest BCUT2D eigenvalue weighted by Gasteiger charge is -2.11. The van der Waals surface area contributed by atoms with E-state index in [1.54, 1.807) is 31.3 Å². The van der Waals surface area contributed by atoms with Gasteiger partial charge in [0.2, 0.25) is 0 Å². The van der Waals surface area contributed by atoms with Crippen LogP contribution in [0.1, 0.15) is 21.5 Å². The van der Waals surface area contributed by atoms with Gasteiger partial charge in [0.05, 0.1) is 33.4 Å². The maximum Gasteiger partial charge on any atom is 0.416 e. The Morgan fingerprint density at radius 2 is 1.81 bits per heavy atom. The molecule has 4 rings (SSSR count). The van der Waals surface area contributed by atoms with Crippen molar-refractivity contribution in [3.8, 4) is 11.3 Å². The molecule has 1 N–H and O–H groups in total. The number of aryl methyl sites for hydroxylation is 1. The molecule has 2 aromatic heterocycles. The fourth-order valence-electron chi connectivity index (χ4n) is 3.23. The van der Waals surface area contributed by atoms with Crippen LogP contribution in [0.3, 0.4) is 0 Å². The minimum Gasteiger partial charge on any atom is -0.348 e. The Hall–Kier alpha value is -3.10. The van der Waals surface area contributed by atoms with Gasteiger partial charge in [0, 0.05) is 24.2 Å². The molecule has 164 valence electrons. The molecular weight excluding hydrogens is 464 g/mol. The number of rotatable bonds is 4. The van der Waals surface area contributed by atoms with Crippen LogP contribution in [-0.2, 0) is 19.8 Å². The number of aromatic nitrogens is 3. The molecule has 0 aliphatic carbocycles. The van der Waals surface area contributed by atoms with Crippen LogP contribution in [-0.4, -0.2) is 20.7 Å². The van der Waals surface area contributed by atoms with Gasteiger partial charge in [0.1, 0.15) is 0 Å². The number of hydrogen-bond acceptors (Lipinski definition) is 3. The van der Waals surface area contributed by atoms with Gasteiger partial charge in [0.15, 0.2) is 5.65 Å². The Balaban J connectivity index is 1.65. The molecule has 4 aromatic rings. The van der Waals surface area contributed by atoms with Crippen molar-refractivity contribution < 1.29 is 18.0 Å². The smallest absolute Gasteiger partial charge is 0.348 e. The summed E-state index contributed by atoms with van der Waals surface area (Å²) in [5, 5.41) is 8.29. The van der Waals surface area contributed by atoms with Gasteiger partial charge in [0.25, 0.3) is 5.91 Å². The van der Waals surface area contributed by atoms with Crippen molar-refractivity contribution >= 4 is 40.1 Å². The highest BCUT2D eigenvalue weighted by Gasteiger charge is 2.30. The van der Waals surface area contributed by atoms with Crippen molar-refractivity contribution in [2.45, 2.75) is 12.7 Å². The quantitative estimate of drug-likeness (QED) is 0.397. The monoisotopic (exact) mass is 478 g/mol. The predicted molar refractivity (Wildman–Crippen MR) is 117 cm³/mol. The molecule has 2 aromatic carbocycles. The Labute approximate surface area is 190 Å². The van der Waals surface area contributed by atoms with E-state index >= 15 is 0 Å². The lowest BCUT2D eigenvalue weighted by atomic mass is 10.1. The Morgan fingerprint density at radius 1 is 1.09 bits per heavy atom. The summed E-state index contributed by atoms with van der Waals surface area (Å²) >= 11 is 12.3. The van der Waals surface area contributed by atoms with Crippen molar-refractivity contribution in [2.75, 3.05) is 0 Å². The first-order valence-electron chi connectivity index (χ1n) is 9.36. The van der Waals surface area contributed by atoms with E-state index in [1.165, 1.54) is 23.0 Å². The summed E-state index contributed by atoms with van der Waals surface area (Å²) in [6.07, 6.45) is -2.88. The minimum atomic E-state index is -4.41. The second-order valence-electron chi connectivity index (χ2n) is 7.06. The molecule has 2 heterocycles. The third-order valence-electron chi connectivity index (χ3n) is 4.89. The molecule has 1 amide bonds. The van der Waals surface area contributed by atoms with Crippen LogP contribution in [0.5, 0.6) is 0 Å². The summed E-state index contributed by atoms with van der Waals surface area (Å²) in [5.41, 5.74) is 1.63. The van der Waals surface area contributed by atoms with E-state index in [0.717, 1.165) is 12.1 Å². The van der Waals surface area contributed by atoms with Crippen LogP contribution in [0.4, 0.5) is 13.2 Å². The van der Waals surface area contributed by atoms with E-state index in [4.69, 9.17) is 23.2 Å². The molecule has 0 aliphatic heterocycles. The van der Waals surface area contributed by atoms with E-state index in [-0.39, 0.29) is 6.54 Å². The van der Waals surface area contributed by atoms with Gasteiger partial charge in [-0.3, -0.25) is 9.48 Å². The molecule has 0 fully saturated rings. The molecule has 0 spiro atoms. The molecular formula is C22H15Cl2F3N4O. The van der Waals surface area contributed by atoms with Crippen LogP contribution < -0.4 is 5.32 Å². The fourth-order valence-corrected chi connectivity index (χ4v) is 3.73. The van der Waals surface area contributed by atoms with Crippen molar-refractivity contribution in [3.63, 3.8) is 0 Å². The van der Waals surface area contributed by atoms with Crippen molar-refractivity contribution in [1.29, 1.82) is 0 Å². The first kappa shape index (κ1) is 22.1. The zero-order valence-electron chi connectivity index (χ0n) is 16.5. The van der Waals surface area contributed by atoms with Crippen molar-refractivity contribution in [1.82, 2.24) is 20.1 Å². The number of pyridine rings is 1. The average Bonchev–Trinajstić information content (AvgIpc) is 3.12. The van der Waals surface area contributed by atoms with Crippen molar-refractivity contribution in [3.05, 3.63) is 81.5 Å². The number of benzene rings is 2. The summed E-state index contributed by atoms with van der Waals surface area (Å²) in [7, 11) is 1.70.